The third-order valence-corrected chi connectivity index (χ3v) is 4.02. The van der Waals surface area contributed by atoms with Crippen molar-refractivity contribution in [1.82, 2.24) is 15.1 Å². The normalized spacial score (nSPS) is 25.0. The lowest BCUT2D eigenvalue weighted by molar-refractivity contribution is -0.132. The van der Waals surface area contributed by atoms with E-state index in [1.54, 1.807) is 0 Å². The van der Waals surface area contributed by atoms with Gasteiger partial charge in [0.15, 0.2) is 0 Å². The summed E-state index contributed by atoms with van der Waals surface area (Å²) in [4.78, 5) is 17.0. The van der Waals surface area contributed by atoms with Crippen LogP contribution in [0.2, 0.25) is 0 Å². The van der Waals surface area contributed by atoms with Gasteiger partial charge < -0.3 is 9.80 Å². The molecule has 3 unspecified atom stereocenters. The van der Waals surface area contributed by atoms with Gasteiger partial charge in [0.2, 0.25) is 5.91 Å². The summed E-state index contributed by atoms with van der Waals surface area (Å²) in [6.45, 7) is 9.76. The molecule has 1 fully saturated rings. The molecule has 0 aliphatic carbocycles. The zero-order valence-corrected chi connectivity index (χ0v) is 14.1. The lowest BCUT2D eigenvalue weighted by Crippen LogP contribution is -2.44. The van der Waals surface area contributed by atoms with Crippen molar-refractivity contribution in [2.45, 2.75) is 71.6 Å². The third-order valence-electron chi connectivity index (χ3n) is 4.02. The lowest BCUT2D eigenvalue weighted by atomic mass is 10.0. The van der Waals surface area contributed by atoms with Crippen LogP contribution in [0.4, 0.5) is 0 Å². The highest BCUT2D eigenvalue weighted by Gasteiger charge is 2.40. The van der Waals surface area contributed by atoms with Crippen molar-refractivity contribution >= 4 is 5.91 Å². The summed E-state index contributed by atoms with van der Waals surface area (Å²) in [6.07, 6.45) is 4.36. The van der Waals surface area contributed by atoms with Crippen LogP contribution in [0, 0.1) is 5.92 Å². The van der Waals surface area contributed by atoms with Gasteiger partial charge in [-0.25, -0.2) is 0 Å². The van der Waals surface area contributed by atoms with E-state index in [1.807, 2.05) is 0 Å². The van der Waals surface area contributed by atoms with Crippen LogP contribution in [0.25, 0.3) is 0 Å². The number of nitrogens with zero attached hydrogens (tertiary/aromatic N) is 2. The predicted molar refractivity (Wildman–Crippen MR) is 84.6 cm³/mol. The predicted octanol–water partition coefficient (Wildman–Crippen LogP) is 2.30. The van der Waals surface area contributed by atoms with Crippen molar-refractivity contribution in [2.75, 3.05) is 20.6 Å². The van der Waals surface area contributed by atoms with Crippen LogP contribution in [0.1, 0.15) is 53.4 Å². The molecule has 1 aliphatic rings. The maximum atomic E-state index is 12.7. The van der Waals surface area contributed by atoms with Gasteiger partial charge in [-0.15, -0.1) is 0 Å². The maximum Gasteiger partial charge on any atom is 0.241 e. The lowest BCUT2D eigenvalue weighted by Gasteiger charge is -2.31. The van der Waals surface area contributed by atoms with E-state index >= 15 is 0 Å². The first-order valence-corrected chi connectivity index (χ1v) is 8.09. The summed E-state index contributed by atoms with van der Waals surface area (Å²) < 4.78 is 0. The molecule has 1 aliphatic heterocycles. The van der Waals surface area contributed by atoms with E-state index in [-0.39, 0.29) is 12.2 Å². The second-order valence-electron chi connectivity index (χ2n) is 6.84. The molecule has 4 heteroatoms. The second-order valence-corrected chi connectivity index (χ2v) is 6.84. The Morgan fingerprint density at radius 3 is 2.45 bits per heavy atom. The van der Waals surface area contributed by atoms with Crippen molar-refractivity contribution in [3.63, 3.8) is 0 Å². The Labute approximate surface area is 124 Å². The zero-order valence-electron chi connectivity index (χ0n) is 14.1. The molecule has 0 radical (unpaired) electrons. The largest absolute Gasteiger partial charge is 0.323 e. The van der Waals surface area contributed by atoms with Crippen LogP contribution in [0.3, 0.4) is 0 Å². The number of rotatable bonds is 8. The smallest absolute Gasteiger partial charge is 0.241 e. The number of nitrogens with one attached hydrogen (secondary N) is 1. The SMILES string of the molecule is CCCC1NC(CC(C)C)C(=O)N1C(C)CCN(C)C. The summed E-state index contributed by atoms with van der Waals surface area (Å²) in [5, 5.41) is 3.55. The number of hydrogen-bond acceptors (Lipinski definition) is 3. The first kappa shape index (κ1) is 17.4. The molecule has 1 amide bonds. The number of carbonyl (C=O) groups is 1. The Bertz CT molecular complexity index is 304. The fourth-order valence-corrected chi connectivity index (χ4v) is 2.96. The van der Waals surface area contributed by atoms with Crippen LogP contribution in [-0.2, 0) is 4.79 Å². The highest BCUT2D eigenvalue weighted by molar-refractivity contribution is 5.84. The molecular formula is C16H33N3O. The molecule has 20 heavy (non-hydrogen) atoms. The summed E-state index contributed by atoms with van der Waals surface area (Å²) in [5.41, 5.74) is 0. The van der Waals surface area contributed by atoms with Gasteiger partial charge in [0, 0.05) is 6.04 Å². The highest BCUT2D eigenvalue weighted by Crippen LogP contribution is 2.23. The van der Waals surface area contributed by atoms with Gasteiger partial charge in [0.1, 0.15) is 0 Å². The van der Waals surface area contributed by atoms with Crippen molar-refractivity contribution in [3.8, 4) is 0 Å². The van der Waals surface area contributed by atoms with Gasteiger partial charge in [-0.05, 0) is 52.7 Å². The molecule has 0 bridgehead atoms. The molecule has 118 valence electrons. The van der Waals surface area contributed by atoms with Crippen molar-refractivity contribution in [2.24, 2.45) is 5.92 Å². The third kappa shape index (κ3) is 4.74. The molecule has 0 saturated carbocycles. The highest BCUT2D eigenvalue weighted by atomic mass is 16.2. The number of hydrogen-bond donors (Lipinski definition) is 1. The fourth-order valence-electron chi connectivity index (χ4n) is 2.96. The van der Waals surface area contributed by atoms with Crippen molar-refractivity contribution < 1.29 is 4.79 Å². The minimum absolute atomic E-state index is 0.0216. The van der Waals surface area contributed by atoms with Gasteiger partial charge in [0.05, 0.1) is 12.2 Å². The minimum Gasteiger partial charge on any atom is -0.323 e. The van der Waals surface area contributed by atoms with E-state index in [0.717, 1.165) is 32.2 Å². The van der Waals surface area contributed by atoms with E-state index in [4.69, 9.17) is 0 Å². The molecule has 0 aromatic rings. The van der Waals surface area contributed by atoms with Crippen molar-refractivity contribution in [3.05, 3.63) is 0 Å². The van der Waals surface area contributed by atoms with Crippen LogP contribution >= 0.6 is 0 Å². The Balaban J connectivity index is 2.70. The molecule has 4 nitrogen and oxygen atoms in total. The van der Waals surface area contributed by atoms with Crippen LogP contribution in [-0.4, -0.2) is 54.6 Å². The molecule has 0 spiro atoms. The van der Waals surface area contributed by atoms with Gasteiger partial charge >= 0.3 is 0 Å². The number of carbonyl (C=O) groups excluding carboxylic acids is 1. The van der Waals surface area contributed by atoms with E-state index in [2.05, 4.69) is 56.9 Å². The van der Waals surface area contributed by atoms with Crippen LogP contribution in [0.15, 0.2) is 0 Å². The summed E-state index contributed by atoms with van der Waals surface area (Å²) in [7, 11) is 4.17. The van der Waals surface area contributed by atoms with Gasteiger partial charge in [0.25, 0.3) is 0 Å². The Morgan fingerprint density at radius 1 is 1.30 bits per heavy atom. The van der Waals surface area contributed by atoms with Crippen LogP contribution < -0.4 is 5.32 Å². The molecule has 1 N–H and O–H groups in total. The Hall–Kier alpha value is -0.610. The average molecular weight is 283 g/mol. The molecule has 1 heterocycles. The zero-order chi connectivity index (χ0) is 15.3. The molecule has 1 saturated heterocycles. The Morgan fingerprint density at radius 2 is 1.95 bits per heavy atom. The first-order valence-electron chi connectivity index (χ1n) is 8.09. The first-order chi connectivity index (χ1) is 9.36. The average Bonchev–Trinajstić information content (AvgIpc) is 2.63. The number of amides is 1. The van der Waals surface area contributed by atoms with E-state index in [0.29, 0.717) is 17.9 Å². The van der Waals surface area contributed by atoms with Crippen LogP contribution in [0.5, 0.6) is 0 Å². The fraction of sp³-hybridized carbons (Fsp3) is 0.938. The molecule has 0 aromatic heterocycles. The van der Waals surface area contributed by atoms with Crippen molar-refractivity contribution in [1.29, 1.82) is 0 Å². The van der Waals surface area contributed by atoms with E-state index in [1.165, 1.54) is 0 Å². The Kier molecular flexibility index (Phi) is 6.96. The standard InChI is InChI=1S/C16H33N3O/c1-7-8-15-17-14(11-12(2)3)16(20)19(15)13(4)9-10-18(5)6/h12-15,17H,7-11H2,1-6H3. The quantitative estimate of drug-likeness (QED) is 0.742. The second kappa shape index (κ2) is 7.99. The molecule has 1 rings (SSSR count). The maximum absolute atomic E-state index is 12.7. The monoisotopic (exact) mass is 283 g/mol. The molecule has 0 aromatic carbocycles. The summed E-state index contributed by atoms with van der Waals surface area (Å²) in [5.74, 6) is 0.860. The molecule has 3 atom stereocenters. The van der Waals surface area contributed by atoms with Gasteiger partial charge in [-0.1, -0.05) is 27.2 Å². The van der Waals surface area contributed by atoms with E-state index in [9.17, 15) is 4.79 Å². The minimum atomic E-state index is 0.0216. The summed E-state index contributed by atoms with van der Waals surface area (Å²) >= 11 is 0. The summed E-state index contributed by atoms with van der Waals surface area (Å²) in [6, 6.07) is 0.333. The van der Waals surface area contributed by atoms with Gasteiger partial charge in [-0.3, -0.25) is 10.1 Å². The molecular weight excluding hydrogens is 250 g/mol. The van der Waals surface area contributed by atoms with E-state index < -0.39 is 0 Å². The van der Waals surface area contributed by atoms with Gasteiger partial charge in [-0.2, -0.15) is 0 Å². The topological polar surface area (TPSA) is 35.6 Å².